The van der Waals surface area contributed by atoms with Gasteiger partial charge in [-0.2, -0.15) is 0 Å². The van der Waals surface area contributed by atoms with Crippen molar-refractivity contribution < 1.29 is 0 Å². The Morgan fingerprint density at radius 1 is 1.54 bits per heavy atom. The molecule has 0 aromatic carbocycles. The van der Waals surface area contributed by atoms with Gasteiger partial charge in [0.15, 0.2) is 4.96 Å². The fourth-order valence-electron chi connectivity index (χ4n) is 1.36. The van der Waals surface area contributed by atoms with Gasteiger partial charge in [-0.3, -0.25) is 4.40 Å². The molecule has 4 heteroatoms. The van der Waals surface area contributed by atoms with Crippen LogP contribution in [0, 0.1) is 6.92 Å². The summed E-state index contributed by atoms with van der Waals surface area (Å²) in [5, 5.41) is 0. The molecule has 0 spiro atoms. The molecule has 0 bridgehead atoms. The Morgan fingerprint density at radius 2 is 2.38 bits per heavy atom. The van der Waals surface area contributed by atoms with Crippen molar-refractivity contribution >= 4 is 16.3 Å². The largest absolute Gasteiger partial charge is 0.330 e. The summed E-state index contributed by atoms with van der Waals surface area (Å²) < 4.78 is 2.09. The summed E-state index contributed by atoms with van der Waals surface area (Å²) in [5.41, 5.74) is 6.59. The highest BCUT2D eigenvalue weighted by Gasteiger charge is 2.03. The Labute approximate surface area is 81.2 Å². The van der Waals surface area contributed by atoms with Gasteiger partial charge in [-0.15, -0.1) is 11.3 Å². The van der Waals surface area contributed by atoms with Crippen LogP contribution in [0.15, 0.2) is 12.4 Å². The number of hydrogen-bond acceptors (Lipinski definition) is 3. The number of hydrogen-bond donors (Lipinski definition) is 1. The van der Waals surface area contributed by atoms with Gasteiger partial charge in [0.1, 0.15) is 0 Å². The summed E-state index contributed by atoms with van der Waals surface area (Å²) in [6.07, 6.45) is 6.21. The number of thiazole rings is 1. The number of imidazole rings is 1. The van der Waals surface area contributed by atoms with Crippen molar-refractivity contribution in [2.45, 2.75) is 19.8 Å². The predicted octanol–water partition coefficient (Wildman–Crippen LogP) is 1.60. The average molecular weight is 195 g/mol. The smallest absolute Gasteiger partial charge is 0.194 e. The Kier molecular flexibility index (Phi) is 2.33. The van der Waals surface area contributed by atoms with Crippen molar-refractivity contribution in [3.63, 3.8) is 0 Å². The summed E-state index contributed by atoms with van der Waals surface area (Å²) in [6.45, 7) is 2.84. The van der Waals surface area contributed by atoms with Crippen molar-refractivity contribution in [3.8, 4) is 0 Å². The standard InChI is InChI=1S/C9H13N3S/c1-7-5-12-6-8(3-2-4-10)11-9(12)13-7/h5-6H,2-4,10H2,1H3. The van der Waals surface area contributed by atoms with Crippen LogP contribution in [-0.4, -0.2) is 15.9 Å². The maximum absolute atomic E-state index is 5.44. The van der Waals surface area contributed by atoms with Gasteiger partial charge in [0.25, 0.3) is 0 Å². The second-order valence-electron chi connectivity index (χ2n) is 3.16. The van der Waals surface area contributed by atoms with E-state index in [1.54, 1.807) is 11.3 Å². The van der Waals surface area contributed by atoms with Crippen molar-refractivity contribution in [1.82, 2.24) is 9.38 Å². The molecule has 2 aromatic rings. The molecule has 70 valence electrons. The van der Waals surface area contributed by atoms with Crippen molar-refractivity contribution in [2.75, 3.05) is 6.54 Å². The van der Waals surface area contributed by atoms with Gasteiger partial charge in [-0.05, 0) is 26.3 Å². The maximum Gasteiger partial charge on any atom is 0.194 e. The van der Waals surface area contributed by atoms with E-state index in [4.69, 9.17) is 5.73 Å². The zero-order valence-corrected chi connectivity index (χ0v) is 8.47. The van der Waals surface area contributed by atoms with Crippen LogP contribution in [0.25, 0.3) is 4.96 Å². The van der Waals surface area contributed by atoms with Gasteiger partial charge >= 0.3 is 0 Å². The molecule has 0 radical (unpaired) electrons. The minimum Gasteiger partial charge on any atom is -0.330 e. The molecule has 2 rings (SSSR count). The van der Waals surface area contributed by atoms with E-state index in [2.05, 4.69) is 28.7 Å². The van der Waals surface area contributed by atoms with Gasteiger partial charge in [0.05, 0.1) is 5.69 Å². The van der Waals surface area contributed by atoms with Crippen LogP contribution in [-0.2, 0) is 6.42 Å². The lowest BCUT2D eigenvalue weighted by atomic mass is 10.2. The molecule has 0 saturated heterocycles. The van der Waals surface area contributed by atoms with Crippen LogP contribution in [0.4, 0.5) is 0 Å². The van der Waals surface area contributed by atoms with E-state index in [9.17, 15) is 0 Å². The third-order valence-electron chi connectivity index (χ3n) is 1.96. The van der Waals surface area contributed by atoms with E-state index in [1.165, 1.54) is 4.88 Å². The van der Waals surface area contributed by atoms with Gasteiger partial charge in [0, 0.05) is 17.3 Å². The van der Waals surface area contributed by atoms with Crippen LogP contribution in [0.3, 0.4) is 0 Å². The van der Waals surface area contributed by atoms with Crippen molar-refractivity contribution in [1.29, 1.82) is 0 Å². The highest BCUT2D eigenvalue weighted by Crippen LogP contribution is 2.16. The monoisotopic (exact) mass is 195 g/mol. The predicted molar refractivity (Wildman–Crippen MR) is 55.2 cm³/mol. The van der Waals surface area contributed by atoms with E-state index < -0.39 is 0 Å². The zero-order chi connectivity index (χ0) is 9.26. The first-order chi connectivity index (χ1) is 6.29. The first-order valence-corrected chi connectivity index (χ1v) is 5.25. The van der Waals surface area contributed by atoms with Gasteiger partial charge < -0.3 is 5.73 Å². The minimum absolute atomic E-state index is 0.740. The van der Waals surface area contributed by atoms with Crippen LogP contribution in [0.5, 0.6) is 0 Å². The molecule has 2 heterocycles. The van der Waals surface area contributed by atoms with Crippen molar-refractivity contribution in [2.24, 2.45) is 5.73 Å². The summed E-state index contributed by atoms with van der Waals surface area (Å²) in [4.78, 5) is 6.88. The highest BCUT2D eigenvalue weighted by atomic mass is 32.1. The molecule has 0 aliphatic carbocycles. The molecule has 0 atom stereocenters. The van der Waals surface area contributed by atoms with Crippen molar-refractivity contribution in [3.05, 3.63) is 23.0 Å². The molecule has 0 aliphatic heterocycles. The SMILES string of the molecule is Cc1cn2cc(CCCN)nc2s1. The third kappa shape index (κ3) is 1.73. The molecule has 0 fully saturated rings. The topological polar surface area (TPSA) is 43.3 Å². The molecular formula is C9H13N3S. The number of aromatic nitrogens is 2. The van der Waals surface area contributed by atoms with Crippen LogP contribution < -0.4 is 5.73 Å². The van der Waals surface area contributed by atoms with Gasteiger partial charge in [-0.1, -0.05) is 0 Å². The van der Waals surface area contributed by atoms with Gasteiger partial charge in [-0.25, -0.2) is 4.98 Å². The molecule has 0 unspecified atom stereocenters. The number of fused-ring (bicyclic) bond motifs is 1. The molecule has 2 N–H and O–H groups in total. The Balaban J connectivity index is 2.24. The lowest BCUT2D eigenvalue weighted by molar-refractivity contribution is 0.816. The highest BCUT2D eigenvalue weighted by molar-refractivity contribution is 7.16. The molecule has 13 heavy (non-hydrogen) atoms. The quantitative estimate of drug-likeness (QED) is 0.808. The first kappa shape index (κ1) is 8.72. The molecular weight excluding hydrogens is 182 g/mol. The average Bonchev–Trinajstić information content (AvgIpc) is 2.57. The molecule has 2 aromatic heterocycles. The molecule has 0 saturated carbocycles. The third-order valence-corrected chi connectivity index (χ3v) is 2.87. The number of rotatable bonds is 3. The Morgan fingerprint density at radius 3 is 3.08 bits per heavy atom. The van der Waals surface area contributed by atoms with Crippen LogP contribution >= 0.6 is 11.3 Å². The number of aryl methyl sites for hydroxylation is 2. The van der Waals surface area contributed by atoms with E-state index in [-0.39, 0.29) is 0 Å². The maximum atomic E-state index is 5.44. The Bertz CT molecular complexity index is 370. The molecule has 3 nitrogen and oxygen atoms in total. The summed E-state index contributed by atoms with van der Waals surface area (Å²) in [6, 6.07) is 0. The van der Waals surface area contributed by atoms with Crippen LogP contribution in [0.1, 0.15) is 17.0 Å². The summed E-state index contributed by atoms with van der Waals surface area (Å²) >= 11 is 1.73. The second-order valence-corrected chi connectivity index (χ2v) is 4.37. The van der Waals surface area contributed by atoms with E-state index in [0.29, 0.717) is 0 Å². The molecule has 0 aliphatic rings. The first-order valence-electron chi connectivity index (χ1n) is 4.43. The van der Waals surface area contributed by atoms with E-state index in [1.807, 2.05) is 0 Å². The normalized spacial score (nSPS) is 11.2. The lowest BCUT2D eigenvalue weighted by Crippen LogP contribution is -2.00. The fourth-order valence-corrected chi connectivity index (χ4v) is 2.19. The number of nitrogens with two attached hydrogens (primary N) is 1. The Hall–Kier alpha value is -0.870. The number of nitrogens with zero attached hydrogens (tertiary/aromatic N) is 2. The summed E-state index contributed by atoms with van der Waals surface area (Å²) in [7, 11) is 0. The van der Waals surface area contributed by atoms with Gasteiger partial charge in [0.2, 0.25) is 0 Å². The van der Waals surface area contributed by atoms with E-state index in [0.717, 1.165) is 30.0 Å². The second kappa shape index (κ2) is 3.47. The summed E-state index contributed by atoms with van der Waals surface area (Å²) in [5.74, 6) is 0. The molecule has 0 amide bonds. The fraction of sp³-hybridized carbons (Fsp3) is 0.444. The van der Waals surface area contributed by atoms with Crippen LogP contribution in [0.2, 0.25) is 0 Å². The van der Waals surface area contributed by atoms with E-state index >= 15 is 0 Å². The zero-order valence-electron chi connectivity index (χ0n) is 7.66. The minimum atomic E-state index is 0.740. The lowest BCUT2D eigenvalue weighted by Gasteiger charge is -1.90.